The lowest BCUT2D eigenvalue weighted by Crippen LogP contribution is -2.14. The van der Waals surface area contributed by atoms with Crippen LogP contribution in [-0.4, -0.2) is 10.2 Å². The van der Waals surface area contributed by atoms with Crippen molar-refractivity contribution < 1.29 is 8.98 Å². The van der Waals surface area contributed by atoms with E-state index in [2.05, 4.69) is 25.5 Å². The van der Waals surface area contributed by atoms with Gasteiger partial charge in [-0.05, 0) is 57.2 Å². The lowest BCUT2D eigenvalue weighted by atomic mass is 10.1. The second kappa shape index (κ2) is 8.66. The minimum atomic E-state index is -3.45. The summed E-state index contributed by atoms with van der Waals surface area (Å²) in [6, 6.07) is 23.0. The van der Waals surface area contributed by atoms with Gasteiger partial charge < -0.3 is 14.6 Å². The molecule has 0 atom stereocenters. The summed E-state index contributed by atoms with van der Waals surface area (Å²) >= 11 is 0. The quantitative estimate of drug-likeness (QED) is 0.290. The molecule has 7 nitrogen and oxygen atoms in total. The van der Waals surface area contributed by atoms with Gasteiger partial charge in [-0.1, -0.05) is 58.2 Å². The molecule has 1 heterocycles. The number of rotatable bonds is 7. The normalized spacial score (nSPS) is 11.2. The summed E-state index contributed by atoms with van der Waals surface area (Å²) < 4.78 is 19.6. The molecule has 3 N–H and O–H groups in total. The van der Waals surface area contributed by atoms with Crippen LogP contribution in [0.25, 0.3) is 11.5 Å². The summed E-state index contributed by atoms with van der Waals surface area (Å²) in [6.07, 6.45) is 0. The maximum atomic E-state index is 13.8. The highest BCUT2D eigenvalue weighted by Crippen LogP contribution is 2.45. The molecule has 4 rings (SSSR count). The Labute approximate surface area is 181 Å². The summed E-state index contributed by atoms with van der Waals surface area (Å²) in [5.41, 5.74) is 5.53. The summed E-state index contributed by atoms with van der Waals surface area (Å²) in [6.45, 7) is 6.00. The van der Waals surface area contributed by atoms with Gasteiger partial charge >= 0.3 is 13.6 Å². The number of nitrogens with one attached hydrogen (secondary N) is 3. The number of hydrogen-bond acceptors (Lipinski definition) is 4. The lowest BCUT2D eigenvalue weighted by Gasteiger charge is -2.22. The zero-order chi connectivity index (χ0) is 21.8. The monoisotopic (exact) mass is 433 g/mol. The van der Waals surface area contributed by atoms with Crippen molar-refractivity contribution >= 4 is 25.0 Å². The molecule has 1 aromatic heterocycles. The van der Waals surface area contributed by atoms with E-state index in [1.807, 2.05) is 93.6 Å². The van der Waals surface area contributed by atoms with E-state index in [4.69, 9.17) is 4.42 Å². The Morgan fingerprint density at radius 2 is 1.10 bits per heavy atom. The molecule has 0 bridgehead atoms. The summed E-state index contributed by atoms with van der Waals surface area (Å²) in [7, 11) is -3.45. The van der Waals surface area contributed by atoms with Crippen LogP contribution in [0.3, 0.4) is 0 Å². The van der Waals surface area contributed by atoms with Crippen LogP contribution in [0.5, 0.6) is 0 Å². The van der Waals surface area contributed by atoms with Gasteiger partial charge in [0.05, 0.1) is 0 Å². The molecule has 0 spiro atoms. The first-order chi connectivity index (χ1) is 14.9. The molecule has 0 radical (unpaired) electrons. The zero-order valence-electron chi connectivity index (χ0n) is 17.6. The Hall–Kier alpha value is -3.57. The van der Waals surface area contributed by atoms with Crippen molar-refractivity contribution in [3.63, 3.8) is 0 Å². The van der Waals surface area contributed by atoms with Crippen LogP contribution in [0, 0.1) is 20.8 Å². The van der Waals surface area contributed by atoms with Crippen molar-refractivity contribution in [1.82, 2.24) is 10.2 Å². The first kappa shape index (κ1) is 20.7. The Bertz CT molecular complexity index is 1150. The van der Waals surface area contributed by atoms with Gasteiger partial charge in [-0.15, -0.1) is 5.10 Å². The van der Waals surface area contributed by atoms with Gasteiger partial charge in [-0.25, -0.2) is 0 Å². The number of hydrogen-bond donors (Lipinski definition) is 3. The predicted molar refractivity (Wildman–Crippen MR) is 125 cm³/mol. The van der Waals surface area contributed by atoms with Gasteiger partial charge in [0.2, 0.25) is 5.89 Å². The molecule has 4 aromatic rings. The van der Waals surface area contributed by atoms with Gasteiger partial charge in [0.25, 0.3) is 0 Å². The van der Waals surface area contributed by atoms with Crippen LogP contribution < -0.4 is 15.3 Å². The van der Waals surface area contributed by atoms with Gasteiger partial charge in [0.15, 0.2) is 0 Å². The fraction of sp³-hybridized carbons (Fsp3) is 0.130. The fourth-order valence-electron chi connectivity index (χ4n) is 2.92. The minimum Gasteiger partial charge on any atom is -0.403 e. The predicted octanol–water partition coefficient (Wildman–Crippen LogP) is 6.41. The number of aryl methyl sites for hydroxylation is 3. The topological polar surface area (TPSA) is 92.1 Å². The standard InChI is InChI=1S/C23H24N5O2P/c1-16-4-10-19(11-5-16)22-24-25-23(30-22)28-31(29,26-20-12-6-17(2)7-13-20)27-21-14-8-18(3)9-15-21/h4-15H,1-3H3,(H3,25,26,27,28,29). The molecule has 0 unspecified atom stereocenters. The van der Waals surface area contributed by atoms with E-state index in [1.54, 1.807) is 0 Å². The van der Waals surface area contributed by atoms with E-state index >= 15 is 0 Å². The van der Waals surface area contributed by atoms with Crippen molar-refractivity contribution in [2.45, 2.75) is 20.8 Å². The number of aromatic nitrogens is 2. The highest BCUT2D eigenvalue weighted by atomic mass is 31.2. The van der Waals surface area contributed by atoms with Crippen LogP contribution in [0.15, 0.2) is 77.2 Å². The number of anilines is 3. The number of benzene rings is 3. The SMILES string of the molecule is Cc1ccc(NP(=O)(Nc2ccc(C)cc2)Nc2nnc(-c3ccc(C)cc3)o2)cc1. The van der Waals surface area contributed by atoms with Crippen LogP contribution >= 0.6 is 7.59 Å². The fourth-order valence-corrected chi connectivity index (χ4v) is 4.47. The first-order valence-electron chi connectivity index (χ1n) is 9.87. The van der Waals surface area contributed by atoms with Crippen LogP contribution in [0.4, 0.5) is 17.4 Å². The second-order valence-corrected chi connectivity index (χ2v) is 9.34. The van der Waals surface area contributed by atoms with E-state index in [-0.39, 0.29) is 6.01 Å². The highest BCUT2D eigenvalue weighted by Gasteiger charge is 2.25. The Balaban J connectivity index is 1.60. The van der Waals surface area contributed by atoms with Crippen molar-refractivity contribution in [2.75, 3.05) is 15.3 Å². The lowest BCUT2D eigenvalue weighted by molar-refractivity contribution is 0.573. The maximum absolute atomic E-state index is 13.8. The van der Waals surface area contributed by atoms with Crippen LogP contribution in [-0.2, 0) is 4.57 Å². The summed E-state index contributed by atoms with van der Waals surface area (Å²) in [5, 5.41) is 17.1. The molecular formula is C23H24N5O2P. The Kier molecular flexibility index (Phi) is 5.78. The molecule has 3 aromatic carbocycles. The average molecular weight is 433 g/mol. The molecule has 0 saturated carbocycles. The molecule has 0 aliphatic heterocycles. The van der Waals surface area contributed by atoms with Crippen LogP contribution in [0.1, 0.15) is 16.7 Å². The van der Waals surface area contributed by atoms with Gasteiger partial charge in [-0.2, -0.15) is 0 Å². The Morgan fingerprint density at radius 1 is 0.645 bits per heavy atom. The van der Waals surface area contributed by atoms with Gasteiger partial charge in [0.1, 0.15) is 0 Å². The van der Waals surface area contributed by atoms with Crippen LogP contribution in [0.2, 0.25) is 0 Å². The van der Waals surface area contributed by atoms with E-state index < -0.39 is 7.59 Å². The van der Waals surface area contributed by atoms with Crippen molar-refractivity contribution in [1.29, 1.82) is 0 Å². The largest absolute Gasteiger partial charge is 0.403 e. The first-order valence-corrected chi connectivity index (χ1v) is 11.6. The van der Waals surface area contributed by atoms with Crippen molar-refractivity contribution in [2.24, 2.45) is 0 Å². The van der Waals surface area contributed by atoms with E-state index in [9.17, 15) is 4.57 Å². The molecular weight excluding hydrogens is 409 g/mol. The number of nitrogens with zero attached hydrogens (tertiary/aromatic N) is 2. The van der Waals surface area contributed by atoms with E-state index in [0.29, 0.717) is 17.3 Å². The molecule has 158 valence electrons. The molecule has 0 fully saturated rings. The third-order valence-corrected chi connectivity index (χ3v) is 6.31. The molecule has 0 aliphatic carbocycles. The van der Waals surface area contributed by atoms with Crippen molar-refractivity contribution in [3.8, 4) is 11.5 Å². The highest BCUT2D eigenvalue weighted by molar-refractivity contribution is 7.68. The minimum absolute atomic E-state index is 0.0538. The van der Waals surface area contributed by atoms with E-state index in [0.717, 1.165) is 22.3 Å². The molecule has 0 aliphatic rings. The molecule has 0 saturated heterocycles. The third kappa shape index (κ3) is 5.32. The molecule has 31 heavy (non-hydrogen) atoms. The second-order valence-electron chi connectivity index (χ2n) is 7.46. The average Bonchev–Trinajstić information content (AvgIpc) is 3.20. The molecule has 8 heteroatoms. The van der Waals surface area contributed by atoms with E-state index in [1.165, 1.54) is 0 Å². The molecule has 0 amide bonds. The maximum Gasteiger partial charge on any atom is 0.356 e. The van der Waals surface area contributed by atoms with Gasteiger partial charge in [-0.3, -0.25) is 9.65 Å². The zero-order valence-corrected chi connectivity index (χ0v) is 18.5. The Morgan fingerprint density at radius 3 is 1.58 bits per heavy atom. The summed E-state index contributed by atoms with van der Waals surface area (Å²) in [4.78, 5) is 0. The van der Waals surface area contributed by atoms with Crippen molar-refractivity contribution in [3.05, 3.63) is 89.5 Å². The summed E-state index contributed by atoms with van der Waals surface area (Å²) in [5.74, 6) is 0.347. The third-order valence-electron chi connectivity index (χ3n) is 4.65. The van der Waals surface area contributed by atoms with Gasteiger partial charge in [0, 0.05) is 16.9 Å². The smallest absolute Gasteiger partial charge is 0.356 e.